The van der Waals surface area contributed by atoms with Gasteiger partial charge in [0.05, 0.1) is 11.3 Å². The number of carbonyl (C=O) groups is 1. The number of nitrogens with one attached hydrogen (secondary N) is 2. The van der Waals surface area contributed by atoms with Crippen LogP contribution in [0.1, 0.15) is 27.7 Å². The van der Waals surface area contributed by atoms with Crippen molar-refractivity contribution in [1.29, 1.82) is 0 Å². The summed E-state index contributed by atoms with van der Waals surface area (Å²) in [6.45, 7) is 2.01. The Hall–Kier alpha value is -1.81. The van der Waals surface area contributed by atoms with E-state index in [1.807, 2.05) is 41.9 Å². The highest BCUT2D eigenvalue weighted by Crippen LogP contribution is 2.29. The second-order valence-electron chi connectivity index (χ2n) is 4.10. The molecule has 0 fully saturated rings. The maximum absolute atomic E-state index is 12.0. The van der Waals surface area contributed by atoms with Gasteiger partial charge in [0, 0.05) is 5.56 Å². The van der Waals surface area contributed by atoms with E-state index in [-0.39, 0.29) is 12.1 Å². The molecule has 3 nitrogen and oxygen atoms in total. The van der Waals surface area contributed by atoms with Crippen LogP contribution in [0.3, 0.4) is 0 Å². The number of rotatable bonds is 1. The predicted octanol–water partition coefficient (Wildman–Crippen LogP) is 2.91. The first kappa shape index (κ1) is 10.4. The minimum absolute atomic E-state index is 0.0151. The molecule has 2 heterocycles. The summed E-state index contributed by atoms with van der Waals surface area (Å²) in [5.41, 5.74) is 3.85. The SMILES string of the molecule is Cc1cccc2c1N[C@@H](c1ccsc1)NC2=O. The standard InChI is InChI=1S/C13H12N2OS/c1-8-3-2-4-10-11(8)14-12(15-13(10)16)9-5-6-17-7-9/h2-7,12,14H,1H3,(H,15,16)/t12-/m1/s1. The Labute approximate surface area is 103 Å². The van der Waals surface area contributed by atoms with E-state index in [2.05, 4.69) is 10.6 Å². The number of thiophene rings is 1. The topological polar surface area (TPSA) is 41.1 Å². The summed E-state index contributed by atoms with van der Waals surface area (Å²) in [7, 11) is 0. The van der Waals surface area contributed by atoms with Gasteiger partial charge < -0.3 is 10.6 Å². The third kappa shape index (κ3) is 1.70. The van der Waals surface area contributed by atoms with Crippen LogP contribution in [0.25, 0.3) is 0 Å². The fourth-order valence-corrected chi connectivity index (χ4v) is 2.73. The molecule has 0 saturated heterocycles. The second-order valence-corrected chi connectivity index (χ2v) is 4.88. The van der Waals surface area contributed by atoms with Gasteiger partial charge >= 0.3 is 0 Å². The Morgan fingerprint density at radius 1 is 1.24 bits per heavy atom. The lowest BCUT2D eigenvalue weighted by Gasteiger charge is -2.28. The molecule has 3 rings (SSSR count). The molecular formula is C13H12N2OS. The number of benzene rings is 1. The van der Waals surface area contributed by atoms with Gasteiger partial charge in [0.1, 0.15) is 6.17 Å². The van der Waals surface area contributed by atoms with Crippen LogP contribution in [0.5, 0.6) is 0 Å². The minimum atomic E-state index is -0.123. The molecule has 0 radical (unpaired) electrons. The third-order valence-corrected chi connectivity index (χ3v) is 3.66. The van der Waals surface area contributed by atoms with Crippen LogP contribution in [-0.4, -0.2) is 5.91 Å². The van der Waals surface area contributed by atoms with Gasteiger partial charge in [-0.3, -0.25) is 4.79 Å². The van der Waals surface area contributed by atoms with E-state index in [0.717, 1.165) is 22.4 Å². The van der Waals surface area contributed by atoms with Crippen molar-refractivity contribution < 1.29 is 4.79 Å². The van der Waals surface area contributed by atoms with E-state index < -0.39 is 0 Å². The Balaban J connectivity index is 2.03. The zero-order valence-electron chi connectivity index (χ0n) is 9.36. The van der Waals surface area contributed by atoms with Gasteiger partial charge in [-0.25, -0.2) is 0 Å². The van der Waals surface area contributed by atoms with Crippen LogP contribution in [0.2, 0.25) is 0 Å². The van der Waals surface area contributed by atoms with Gasteiger partial charge in [-0.2, -0.15) is 11.3 Å². The van der Waals surface area contributed by atoms with Gasteiger partial charge in [-0.1, -0.05) is 12.1 Å². The molecule has 1 atom stereocenters. The van der Waals surface area contributed by atoms with E-state index in [9.17, 15) is 4.79 Å². The van der Waals surface area contributed by atoms with Crippen molar-refractivity contribution in [2.24, 2.45) is 0 Å². The number of anilines is 1. The van der Waals surface area contributed by atoms with Gasteiger partial charge in [-0.15, -0.1) is 0 Å². The summed E-state index contributed by atoms with van der Waals surface area (Å²) in [6.07, 6.45) is -0.123. The molecule has 0 aliphatic carbocycles. The first-order valence-corrected chi connectivity index (χ1v) is 6.39. The van der Waals surface area contributed by atoms with Gasteiger partial charge in [0.2, 0.25) is 0 Å². The molecule has 17 heavy (non-hydrogen) atoms. The first-order valence-electron chi connectivity index (χ1n) is 5.45. The summed E-state index contributed by atoms with van der Waals surface area (Å²) >= 11 is 1.63. The number of aryl methyl sites for hydroxylation is 1. The van der Waals surface area contributed by atoms with Crippen molar-refractivity contribution in [1.82, 2.24) is 5.32 Å². The zero-order chi connectivity index (χ0) is 11.8. The van der Waals surface area contributed by atoms with E-state index in [1.165, 1.54) is 0 Å². The van der Waals surface area contributed by atoms with Crippen LogP contribution >= 0.6 is 11.3 Å². The average Bonchev–Trinajstić information content (AvgIpc) is 2.84. The van der Waals surface area contributed by atoms with Crippen molar-refractivity contribution in [3.63, 3.8) is 0 Å². The molecular weight excluding hydrogens is 232 g/mol. The van der Waals surface area contributed by atoms with E-state index in [4.69, 9.17) is 0 Å². The summed E-state index contributed by atoms with van der Waals surface area (Å²) in [6, 6.07) is 7.77. The predicted molar refractivity (Wildman–Crippen MR) is 69.3 cm³/mol. The van der Waals surface area contributed by atoms with Crippen LogP contribution in [0, 0.1) is 6.92 Å². The Morgan fingerprint density at radius 2 is 2.12 bits per heavy atom. The highest BCUT2D eigenvalue weighted by atomic mass is 32.1. The van der Waals surface area contributed by atoms with Crippen molar-refractivity contribution in [3.8, 4) is 0 Å². The largest absolute Gasteiger partial charge is 0.361 e. The maximum atomic E-state index is 12.0. The quantitative estimate of drug-likeness (QED) is 0.809. The zero-order valence-corrected chi connectivity index (χ0v) is 10.2. The molecule has 2 N–H and O–H groups in total. The Bertz CT molecular complexity index is 563. The average molecular weight is 244 g/mol. The Kier molecular flexibility index (Phi) is 2.37. The molecule has 1 aliphatic rings. The Morgan fingerprint density at radius 3 is 2.88 bits per heavy atom. The minimum Gasteiger partial charge on any atom is -0.361 e. The van der Waals surface area contributed by atoms with Gasteiger partial charge in [0.25, 0.3) is 5.91 Å². The molecule has 1 aromatic heterocycles. The molecule has 1 aliphatic heterocycles. The summed E-state index contributed by atoms with van der Waals surface area (Å²) in [4.78, 5) is 12.0. The monoisotopic (exact) mass is 244 g/mol. The smallest absolute Gasteiger partial charge is 0.255 e. The molecule has 1 aromatic carbocycles. The summed E-state index contributed by atoms with van der Waals surface area (Å²) in [5.74, 6) is -0.0151. The summed E-state index contributed by atoms with van der Waals surface area (Å²) in [5, 5.41) is 10.4. The lowest BCUT2D eigenvalue weighted by molar-refractivity contribution is 0.0935. The van der Waals surface area contributed by atoms with Gasteiger partial charge in [-0.05, 0) is 35.4 Å². The first-order chi connectivity index (χ1) is 8.25. The molecule has 0 saturated carbocycles. The van der Waals surface area contributed by atoms with E-state index in [0.29, 0.717) is 0 Å². The van der Waals surface area contributed by atoms with Crippen LogP contribution in [0.15, 0.2) is 35.0 Å². The van der Waals surface area contributed by atoms with Crippen LogP contribution in [-0.2, 0) is 0 Å². The van der Waals surface area contributed by atoms with Crippen LogP contribution < -0.4 is 10.6 Å². The van der Waals surface area contributed by atoms with Gasteiger partial charge in [0.15, 0.2) is 0 Å². The number of hydrogen-bond acceptors (Lipinski definition) is 3. The lowest BCUT2D eigenvalue weighted by atomic mass is 10.0. The molecule has 1 amide bonds. The fraction of sp³-hybridized carbons (Fsp3) is 0.154. The highest BCUT2D eigenvalue weighted by Gasteiger charge is 2.25. The molecule has 86 valence electrons. The second kappa shape index (κ2) is 3.89. The number of para-hydroxylation sites is 1. The van der Waals surface area contributed by atoms with E-state index >= 15 is 0 Å². The maximum Gasteiger partial charge on any atom is 0.255 e. The molecule has 0 spiro atoms. The lowest BCUT2D eigenvalue weighted by Crippen LogP contribution is -2.38. The molecule has 0 unspecified atom stereocenters. The van der Waals surface area contributed by atoms with Crippen molar-refractivity contribution in [2.75, 3.05) is 5.32 Å². The number of hydrogen-bond donors (Lipinski definition) is 2. The molecule has 4 heteroatoms. The van der Waals surface area contributed by atoms with Crippen molar-refractivity contribution in [3.05, 3.63) is 51.7 Å². The molecule has 2 aromatic rings. The number of carbonyl (C=O) groups excluding carboxylic acids is 1. The fourth-order valence-electron chi connectivity index (χ4n) is 2.04. The van der Waals surface area contributed by atoms with E-state index in [1.54, 1.807) is 11.3 Å². The summed E-state index contributed by atoms with van der Waals surface area (Å²) < 4.78 is 0. The van der Waals surface area contributed by atoms with Crippen molar-refractivity contribution in [2.45, 2.75) is 13.1 Å². The number of fused-ring (bicyclic) bond motifs is 1. The van der Waals surface area contributed by atoms with Crippen LogP contribution in [0.4, 0.5) is 5.69 Å². The third-order valence-electron chi connectivity index (χ3n) is 2.96. The highest BCUT2D eigenvalue weighted by molar-refractivity contribution is 7.08. The normalized spacial score (nSPS) is 18.2. The number of amides is 1. The van der Waals surface area contributed by atoms with Crippen molar-refractivity contribution >= 4 is 22.9 Å². The molecule has 0 bridgehead atoms.